The molecule has 0 spiro atoms. The minimum absolute atomic E-state index is 0.0638. The Bertz CT molecular complexity index is 708. The normalized spacial score (nSPS) is 11.4. The van der Waals surface area contributed by atoms with Gasteiger partial charge in [0.1, 0.15) is 0 Å². The van der Waals surface area contributed by atoms with Crippen LogP contribution in [0.5, 0.6) is 0 Å². The molecule has 0 atom stereocenters. The van der Waals surface area contributed by atoms with Crippen LogP contribution in [0.4, 0.5) is 8.78 Å². The summed E-state index contributed by atoms with van der Waals surface area (Å²) in [6.45, 7) is 5.08. The van der Waals surface area contributed by atoms with E-state index < -0.39 is 11.9 Å². The van der Waals surface area contributed by atoms with Crippen LogP contribution in [0.25, 0.3) is 11.4 Å². The van der Waals surface area contributed by atoms with E-state index >= 15 is 0 Å². The quantitative estimate of drug-likeness (QED) is 0.784. The topological polar surface area (TPSA) is 76.2 Å². The molecule has 0 aliphatic rings. The highest BCUT2D eigenvalue weighted by atomic mass is 19.3. The molecule has 0 fully saturated rings. The van der Waals surface area contributed by atoms with Crippen LogP contribution in [0, 0.1) is 0 Å². The van der Waals surface area contributed by atoms with E-state index in [-0.39, 0.29) is 35.7 Å². The number of aromatic nitrogens is 2. The van der Waals surface area contributed by atoms with Crippen molar-refractivity contribution in [3.63, 3.8) is 0 Å². The summed E-state index contributed by atoms with van der Waals surface area (Å²) in [6.07, 6.45) is 0.0986. The lowest BCUT2D eigenvalue weighted by atomic mass is 10.0. The number of carboxylic acids is 1. The number of rotatable bonds is 7. The molecule has 0 unspecified atom stereocenters. The maximum Gasteiger partial charge on any atom is 0.331 e. The van der Waals surface area contributed by atoms with Gasteiger partial charge in [0.2, 0.25) is 11.7 Å². The van der Waals surface area contributed by atoms with Crippen molar-refractivity contribution in [1.29, 1.82) is 0 Å². The number of carbonyl (C=O) groups is 1. The molecule has 2 aromatic rings. The maximum atomic E-state index is 13.8. The van der Waals surface area contributed by atoms with Crippen molar-refractivity contribution >= 4 is 5.97 Å². The van der Waals surface area contributed by atoms with Crippen molar-refractivity contribution < 1.29 is 23.2 Å². The average molecular weight is 322 g/mol. The standard InChI is InChI=1S/C16H16F2N2O3/c1-3-8-16(17,18)12-6-4-11(5-7-12)14-19-13(23-20-14)9-10(2)15(21)22/h4-7H,2-3,8-9H2,1H3,(H,21,22). The summed E-state index contributed by atoms with van der Waals surface area (Å²) in [7, 11) is 0. The van der Waals surface area contributed by atoms with Gasteiger partial charge in [0.15, 0.2) is 0 Å². The molecule has 7 heteroatoms. The smallest absolute Gasteiger partial charge is 0.331 e. The molecule has 5 nitrogen and oxygen atoms in total. The summed E-state index contributed by atoms with van der Waals surface area (Å²) >= 11 is 0. The van der Waals surface area contributed by atoms with Crippen LogP contribution in [-0.4, -0.2) is 21.2 Å². The van der Waals surface area contributed by atoms with E-state index in [1.165, 1.54) is 24.3 Å². The fraction of sp³-hybridized carbons (Fsp3) is 0.312. The van der Waals surface area contributed by atoms with Gasteiger partial charge in [0.25, 0.3) is 5.92 Å². The van der Waals surface area contributed by atoms with Crippen molar-refractivity contribution in [1.82, 2.24) is 10.1 Å². The van der Waals surface area contributed by atoms with Gasteiger partial charge in [-0.25, -0.2) is 13.6 Å². The lowest BCUT2D eigenvalue weighted by Crippen LogP contribution is -2.12. The average Bonchev–Trinajstić information content (AvgIpc) is 2.95. The molecule has 1 N–H and O–H groups in total. The molecular formula is C16H16F2N2O3. The molecule has 122 valence electrons. The second-order valence-corrected chi connectivity index (χ2v) is 5.13. The van der Waals surface area contributed by atoms with E-state index in [1.807, 2.05) is 0 Å². The number of alkyl halides is 2. The first-order valence-electron chi connectivity index (χ1n) is 7.06. The summed E-state index contributed by atoms with van der Waals surface area (Å²) in [5, 5.41) is 12.5. The van der Waals surface area contributed by atoms with Gasteiger partial charge in [-0.05, 0) is 0 Å². The number of benzene rings is 1. The molecule has 0 bridgehead atoms. The molecule has 0 aliphatic heterocycles. The zero-order valence-electron chi connectivity index (χ0n) is 12.6. The van der Waals surface area contributed by atoms with Crippen LogP contribution in [-0.2, 0) is 17.1 Å². The molecule has 23 heavy (non-hydrogen) atoms. The minimum Gasteiger partial charge on any atom is -0.478 e. The Labute approximate surface area is 131 Å². The Morgan fingerprint density at radius 2 is 2.00 bits per heavy atom. The Morgan fingerprint density at radius 1 is 1.35 bits per heavy atom. The fourth-order valence-electron chi connectivity index (χ4n) is 2.02. The first-order chi connectivity index (χ1) is 10.8. The second-order valence-electron chi connectivity index (χ2n) is 5.13. The Kier molecular flexibility index (Phi) is 4.88. The molecule has 1 heterocycles. The highest BCUT2D eigenvalue weighted by molar-refractivity contribution is 5.86. The first-order valence-corrected chi connectivity index (χ1v) is 7.06. The van der Waals surface area contributed by atoms with Gasteiger partial charge in [0.05, 0.1) is 6.42 Å². The number of halogens is 2. The molecular weight excluding hydrogens is 306 g/mol. The van der Waals surface area contributed by atoms with Gasteiger partial charge in [-0.15, -0.1) is 0 Å². The van der Waals surface area contributed by atoms with Crippen molar-refractivity contribution in [2.45, 2.75) is 32.1 Å². The molecule has 0 saturated heterocycles. The van der Waals surface area contributed by atoms with Crippen LogP contribution >= 0.6 is 0 Å². The van der Waals surface area contributed by atoms with E-state index in [0.717, 1.165) is 0 Å². The Hall–Kier alpha value is -2.57. The molecule has 0 saturated carbocycles. The van der Waals surface area contributed by atoms with Crippen LogP contribution in [0.15, 0.2) is 40.9 Å². The zero-order chi connectivity index (χ0) is 17.0. The van der Waals surface area contributed by atoms with E-state index in [1.54, 1.807) is 6.92 Å². The zero-order valence-corrected chi connectivity index (χ0v) is 12.6. The number of hydrogen-bond donors (Lipinski definition) is 1. The van der Waals surface area contributed by atoms with E-state index in [9.17, 15) is 13.6 Å². The van der Waals surface area contributed by atoms with Crippen LogP contribution in [0.1, 0.15) is 31.2 Å². The van der Waals surface area contributed by atoms with Crippen molar-refractivity contribution in [2.24, 2.45) is 0 Å². The lowest BCUT2D eigenvalue weighted by molar-refractivity contribution is -0.132. The number of aliphatic carboxylic acids is 1. The van der Waals surface area contributed by atoms with Crippen LogP contribution < -0.4 is 0 Å². The summed E-state index contributed by atoms with van der Waals surface area (Å²) in [5.74, 6) is -3.70. The van der Waals surface area contributed by atoms with Gasteiger partial charge in [0, 0.05) is 23.1 Å². The van der Waals surface area contributed by atoms with E-state index in [4.69, 9.17) is 9.63 Å². The van der Waals surface area contributed by atoms with Crippen molar-refractivity contribution in [2.75, 3.05) is 0 Å². The van der Waals surface area contributed by atoms with Crippen LogP contribution in [0.3, 0.4) is 0 Å². The Morgan fingerprint density at radius 3 is 2.57 bits per heavy atom. The van der Waals surface area contributed by atoms with Crippen molar-refractivity contribution in [3.8, 4) is 11.4 Å². The molecule has 1 aromatic heterocycles. The summed E-state index contributed by atoms with van der Waals surface area (Å²) in [6, 6.07) is 5.63. The van der Waals surface area contributed by atoms with E-state index in [0.29, 0.717) is 12.0 Å². The first kappa shape index (κ1) is 16.8. The molecule has 2 rings (SSSR count). The summed E-state index contributed by atoms with van der Waals surface area (Å²) in [5.41, 5.74) is 0.373. The third kappa shape index (κ3) is 4.00. The van der Waals surface area contributed by atoms with Gasteiger partial charge in [-0.1, -0.05) is 49.3 Å². The predicted molar refractivity (Wildman–Crippen MR) is 79.0 cm³/mol. The van der Waals surface area contributed by atoms with Gasteiger partial charge in [-0.2, -0.15) is 4.98 Å². The third-order valence-electron chi connectivity index (χ3n) is 3.26. The molecule has 0 radical (unpaired) electrons. The SMILES string of the molecule is C=C(Cc1nc(-c2ccc(C(F)(F)CCC)cc2)no1)C(=O)O. The molecule has 0 aliphatic carbocycles. The highest BCUT2D eigenvalue weighted by Crippen LogP contribution is 2.33. The summed E-state index contributed by atoms with van der Waals surface area (Å²) in [4.78, 5) is 14.7. The molecule has 1 aromatic carbocycles. The lowest BCUT2D eigenvalue weighted by Gasteiger charge is -2.15. The largest absolute Gasteiger partial charge is 0.478 e. The van der Waals surface area contributed by atoms with Crippen molar-refractivity contribution in [3.05, 3.63) is 47.9 Å². The fourth-order valence-corrected chi connectivity index (χ4v) is 2.02. The van der Waals surface area contributed by atoms with E-state index in [2.05, 4.69) is 16.7 Å². The second kappa shape index (κ2) is 6.68. The van der Waals surface area contributed by atoms with Gasteiger partial charge < -0.3 is 9.63 Å². The minimum atomic E-state index is -2.87. The maximum absolute atomic E-state index is 13.8. The number of carboxylic acid groups (broad SMARTS) is 1. The Balaban J connectivity index is 2.16. The highest BCUT2D eigenvalue weighted by Gasteiger charge is 2.30. The predicted octanol–water partition coefficient (Wildman–Crippen LogP) is 3.81. The van der Waals surface area contributed by atoms with Gasteiger partial charge in [-0.3, -0.25) is 0 Å². The van der Waals surface area contributed by atoms with Gasteiger partial charge >= 0.3 is 5.97 Å². The molecule has 0 amide bonds. The monoisotopic (exact) mass is 322 g/mol. The van der Waals surface area contributed by atoms with Crippen LogP contribution in [0.2, 0.25) is 0 Å². The number of nitrogens with zero attached hydrogens (tertiary/aromatic N) is 2. The third-order valence-corrected chi connectivity index (χ3v) is 3.26. The summed E-state index contributed by atoms with van der Waals surface area (Å²) < 4.78 is 32.5. The number of hydrogen-bond acceptors (Lipinski definition) is 4.